The predicted molar refractivity (Wildman–Crippen MR) is 142 cm³/mol. The molecule has 1 aliphatic rings. The number of piperazine rings is 1. The minimum absolute atomic E-state index is 0.0562. The van der Waals surface area contributed by atoms with Crippen molar-refractivity contribution >= 4 is 5.91 Å². The van der Waals surface area contributed by atoms with Crippen LogP contribution in [-0.2, 0) is 11.3 Å². The summed E-state index contributed by atoms with van der Waals surface area (Å²) >= 11 is 0. The Kier molecular flexibility index (Phi) is 7.05. The van der Waals surface area contributed by atoms with Crippen molar-refractivity contribution in [2.24, 2.45) is 0 Å². The van der Waals surface area contributed by atoms with Gasteiger partial charge < -0.3 is 4.90 Å². The number of hydrogen-bond acceptors (Lipinski definition) is 4. The van der Waals surface area contributed by atoms with Crippen LogP contribution >= 0.6 is 0 Å². The molecule has 2 heterocycles. The van der Waals surface area contributed by atoms with Gasteiger partial charge >= 0.3 is 0 Å². The Morgan fingerprint density at radius 1 is 0.778 bits per heavy atom. The molecule has 0 aliphatic carbocycles. The Labute approximate surface area is 211 Å². The number of carbonyl (C=O) groups is 1. The van der Waals surface area contributed by atoms with Crippen LogP contribution in [0.25, 0.3) is 11.3 Å². The highest BCUT2D eigenvalue weighted by atomic mass is 16.2. The zero-order chi connectivity index (χ0) is 24.9. The molecule has 4 aromatic rings. The van der Waals surface area contributed by atoms with E-state index >= 15 is 0 Å². The van der Waals surface area contributed by atoms with E-state index in [9.17, 15) is 9.59 Å². The molecule has 1 aromatic heterocycles. The molecule has 1 aliphatic heterocycles. The van der Waals surface area contributed by atoms with Crippen molar-refractivity contribution in [2.75, 3.05) is 26.2 Å². The molecule has 0 atom stereocenters. The van der Waals surface area contributed by atoms with E-state index in [0.717, 1.165) is 24.2 Å². The van der Waals surface area contributed by atoms with Crippen molar-refractivity contribution in [1.82, 2.24) is 19.6 Å². The van der Waals surface area contributed by atoms with E-state index in [1.165, 1.54) is 21.9 Å². The normalized spacial score (nSPS) is 14.2. The van der Waals surface area contributed by atoms with Gasteiger partial charge in [0.25, 0.3) is 5.56 Å². The fourth-order valence-electron chi connectivity index (χ4n) is 4.78. The third-order valence-electron chi connectivity index (χ3n) is 6.76. The Morgan fingerprint density at radius 2 is 1.36 bits per heavy atom. The lowest BCUT2D eigenvalue weighted by Gasteiger charge is -2.39. The van der Waals surface area contributed by atoms with Gasteiger partial charge in [-0.3, -0.25) is 14.5 Å². The lowest BCUT2D eigenvalue weighted by molar-refractivity contribution is -0.134. The molecule has 0 spiro atoms. The van der Waals surface area contributed by atoms with Crippen LogP contribution in [0.4, 0.5) is 0 Å². The largest absolute Gasteiger partial charge is 0.339 e. The van der Waals surface area contributed by atoms with Crippen molar-refractivity contribution in [2.45, 2.75) is 19.5 Å². The van der Waals surface area contributed by atoms with Crippen LogP contribution in [0.3, 0.4) is 0 Å². The number of hydrogen-bond donors (Lipinski definition) is 0. The molecular formula is C30H30N4O2. The third-order valence-corrected chi connectivity index (χ3v) is 6.76. The van der Waals surface area contributed by atoms with Gasteiger partial charge in [0.05, 0.1) is 11.7 Å². The van der Waals surface area contributed by atoms with E-state index in [2.05, 4.69) is 58.5 Å². The van der Waals surface area contributed by atoms with E-state index in [0.29, 0.717) is 18.8 Å². The van der Waals surface area contributed by atoms with E-state index < -0.39 is 0 Å². The molecule has 0 radical (unpaired) electrons. The monoisotopic (exact) mass is 478 g/mol. The van der Waals surface area contributed by atoms with Crippen LogP contribution in [0.1, 0.15) is 22.7 Å². The molecule has 1 fully saturated rings. The second-order valence-electron chi connectivity index (χ2n) is 9.22. The molecule has 36 heavy (non-hydrogen) atoms. The van der Waals surface area contributed by atoms with Gasteiger partial charge in [0.1, 0.15) is 6.54 Å². The molecule has 1 amide bonds. The maximum atomic E-state index is 13.1. The minimum atomic E-state index is -0.272. The number of benzene rings is 3. The topological polar surface area (TPSA) is 58.4 Å². The van der Waals surface area contributed by atoms with Crippen molar-refractivity contribution in [3.05, 3.63) is 124 Å². The molecule has 0 saturated carbocycles. The van der Waals surface area contributed by atoms with Gasteiger partial charge in [-0.05, 0) is 24.1 Å². The van der Waals surface area contributed by atoms with Crippen LogP contribution in [-0.4, -0.2) is 51.7 Å². The summed E-state index contributed by atoms with van der Waals surface area (Å²) < 4.78 is 1.28. The minimum Gasteiger partial charge on any atom is -0.339 e. The van der Waals surface area contributed by atoms with Crippen LogP contribution in [0.2, 0.25) is 0 Å². The predicted octanol–water partition coefficient (Wildman–Crippen LogP) is 4.15. The van der Waals surface area contributed by atoms with Crippen LogP contribution in [0.15, 0.2) is 102 Å². The lowest BCUT2D eigenvalue weighted by atomic mass is 9.96. The first-order chi connectivity index (χ1) is 17.6. The van der Waals surface area contributed by atoms with Crippen LogP contribution in [0, 0.1) is 6.92 Å². The van der Waals surface area contributed by atoms with Gasteiger partial charge in [0, 0.05) is 37.8 Å². The number of aryl methyl sites for hydroxylation is 1. The average Bonchev–Trinajstić information content (AvgIpc) is 2.92. The van der Waals surface area contributed by atoms with Gasteiger partial charge in [-0.1, -0.05) is 90.5 Å². The Balaban J connectivity index is 1.28. The number of aromatic nitrogens is 2. The summed E-state index contributed by atoms with van der Waals surface area (Å²) in [5.41, 5.74) is 4.97. The first-order valence-corrected chi connectivity index (χ1v) is 12.4. The zero-order valence-electron chi connectivity index (χ0n) is 20.5. The van der Waals surface area contributed by atoms with Gasteiger partial charge in [-0.25, -0.2) is 4.68 Å². The summed E-state index contributed by atoms with van der Waals surface area (Å²) in [6, 6.07) is 32.3. The first-order valence-electron chi connectivity index (χ1n) is 12.4. The molecule has 0 N–H and O–H groups in total. The smallest absolute Gasteiger partial charge is 0.267 e. The van der Waals surface area contributed by atoms with Gasteiger partial charge in [0.2, 0.25) is 5.91 Å². The molecule has 182 valence electrons. The van der Waals surface area contributed by atoms with Crippen LogP contribution < -0.4 is 5.56 Å². The summed E-state index contributed by atoms with van der Waals surface area (Å²) in [5, 5.41) is 4.48. The number of nitrogens with zero attached hydrogens (tertiary/aromatic N) is 4. The summed E-state index contributed by atoms with van der Waals surface area (Å²) in [4.78, 5) is 29.9. The summed E-state index contributed by atoms with van der Waals surface area (Å²) in [7, 11) is 0. The average molecular weight is 479 g/mol. The number of carbonyl (C=O) groups excluding carboxylic acids is 1. The maximum Gasteiger partial charge on any atom is 0.267 e. The highest BCUT2D eigenvalue weighted by Crippen LogP contribution is 2.29. The van der Waals surface area contributed by atoms with E-state index in [-0.39, 0.29) is 24.1 Å². The maximum absolute atomic E-state index is 13.1. The van der Waals surface area contributed by atoms with Crippen LogP contribution in [0.5, 0.6) is 0 Å². The van der Waals surface area contributed by atoms with Crippen molar-refractivity contribution < 1.29 is 4.79 Å². The Hall–Kier alpha value is -4.03. The quantitative estimate of drug-likeness (QED) is 0.418. The molecule has 6 nitrogen and oxygen atoms in total. The Morgan fingerprint density at radius 3 is 1.94 bits per heavy atom. The van der Waals surface area contributed by atoms with Crippen molar-refractivity contribution in [3.63, 3.8) is 0 Å². The highest BCUT2D eigenvalue weighted by Gasteiger charge is 2.28. The zero-order valence-corrected chi connectivity index (χ0v) is 20.5. The number of amides is 1. The third kappa shape index (κ3) is 5.29. The molecule has 3 aromatic carbocycles. The van der Waals surface area contributed by atoms with Crippen molar-refractivity contribution in [3.8, 4) is 11.3 Å². The molecular weight excluding hydrogens is 448 g/mol. The van der Waals surface area contributed by atoms with Gasteiger partial charge in [-0.15, -0.1) is 0 Å². The fraction of sp³-hybridized carbons (Fsp3) is 0.233. The highest BCUT2D eigenvalue weighted by molar-refractivity contribution is 5.76. The Bertz CT molecular complexity index is 1320. The van der Waals surface area contributed by atoms with Gasteiger partial charge in [0.15, 0.2) is 0 Å². The summed E-state index contributed by atoms with van der Waals surface area (Å²) in [5.74, 6) is -0.0821. The molecule has 0 unspecified atom stereocenters. The summed E-state index contributed by atoms with van der Waals surface area (Å²) in [6.45, 7) is 4.71. The fourth-order valence-corrected chi connectivity index (χ4v) is 4.78. The summed E-state index contributed by atoms with van der Waals surface area (Å²) in [6.07, 6.45) is 0. The molecule has 5 rings (SSSR count). The van der Waals surface area contributed by atoms with E-state index in [4.69, 9.17) is 0 Å². The van der Waals surface area contributed by atoms with E-state index in [1.807, 2.05) is 48.2 Å². The van der Waals surface area contributed by atoms with Gasteiger partial charge in [-0.2, -0.15) is 5.10 Å². The number of rotatable bonds is 6. The molecule has 6 heteroatoms. The first kappa shape index (κ1) is 23.7. The second-order valence-corrected chi connectivity index (χ2v) is 9.22. The lowest BCUT2D eigenvalue weighted by Crippen LogP contribution is -2.51. The molecule has 1 saturated heterocycles. The van der Waals surface area contributed by atoms with E-state index in [1.54, 1.807) is 6.07 Å². The van der Waals surface area contributed by atoms with Crippen molar-refractivity contribution in [1.29, 1.82) is 0 Å². The standard InChI is InChI=1S/C30H30N4O2/c1-23-12-14-24(15-13-23)27-16-17-28(35)34(31-27)22-29(36)32-18-20-33(21-19-32)30(25-8-4-2-5-9-25)26-10-6-3-7-11-26/h2-17,30H,18-22H2,1H3. The SMILES string of the molecule is Cc1ccc(-c2ccc(=O)n(CC(=O)N3CCN(C(c4ccccc4)c4ccccc4)CC3)n2)cc1. The molecule has 0 bridgehead atoms. The second kappa shape index (κ2) is 10.7.